The lowest BCUT2D eigenvalue weighted by Crippen LogP contribution is -2.50. The van der Waals surface area contributed by atoms with Crippen LogP contribution in [0.1, 0.15) is 26.2 Å². The Morgan fingerprint density at radius 1 is 1.12 bits per heavy atom. The first kappa shape index (κ1) is 18.4. The Morgan fingerprint density at radius 3 is 2.50 bits per heavy atom. The standard InChI is InChI=1S/C18H29N3O3/c1-4-5-6-9-20-10-12-21(13-11-20)18(22)19-16-14-15(23-2)7-8-17(16)24-3/h7-8,14H,4-6,9-13H2,1-3H3,(H,19,22). The Morgan fingerprint density at radius 2 is 1.88 bits per heavy atom. The molecule has 134 valence electrons. The molecule has 0 bridgehead atoms. The van der Waals surface area contributed by atoms with E-state index in [-0.39, 0.29) is 6.03 Å². The number of anilines is 1. The lowest BCUT2D eigenvalue weighted by Gasteiger charge is -2.34. The van der Waals surface area contributed by atoms with Crippen LogP contribution in [0, 0.1) is 0 Å². The molecule has 1 N–H and O–H groups in total. The number of rotatable bonds is 7. The second-order valence-corrected chi connectivity index (χ2v) is 6.03. The van der Waals surface area contributed by atoms with Crippen LogP contribution in [0.5, 0.6) is 11.5 Å². The number of nitrogens with zero attached hydrogens (tertiary/aromatic N) is 2. The van der Waals surface area contributed by atoms with Crippen molar-refractivity contribution in [3.63, 3.8) is 0 Å². The second-order valence-electron chi connectivity index (χ2n) is 6.03. The van der Waals surface area contributed by atoms with Gasteiger partial charge in [-0.1, -0.05) is 19.8 Å². The molecular weight excluding hydrogens is 306 g/mol. The van der Waals surface area contributed by atoms with E-state index < -0.39 is 0 Å². The Kier molecular flexibility index (Phi) is 7.18. The van der Waals surface area contributed by atoms with Gasteiger partial charge in [0.25, 0.3) is 0 Å². The predicted molar refractivity (Wildman–Crippen MR) is 96.1 cm³/mol. The molecule has 0 unspecified atom stereocenters. The van der Waals surface area contributed by atoms with E-state index in [1.165, 1.54) is 19.3 Å². The van der Waals surface area contributed by atoms with Gasteiger partial charge < -0.3 is 19.7 Å². The van der Waals surface area contributed by atoms with E-state index >= 15 is 0 Å². The molecule has 1 aliphatic heterocycles. The van der Waals surface area contributed by atoms with Crippen molar-refractivity contribution in [1.82, 2.24) is 9.80 Å². The number of ether oxygens (including phenoxy) is 2. The maximum absolute atomic E-state index is 12.5. The Bertz CT molecular complexity index is 528. The number of urea groups is 1. The van der Waals surface area contributed by atoms with Gasteiger partial charge in [0.2, 0.25) is 0 Å². The molecule has 0 radical (unpaired) electrons. The van der Waals surface area contributed by atoms with E-state index in [1.807, 2.05) is 11.0 Å². The van der Waals surface area contributed by atoms with Gasteiger partial charge in [0.15, 0.2) is 0 Å². The average Bonchev–Trinajstić information content (AvgIpc) is 2.62. The van der Waals surface area contributed by atoms with Gasteiger partial charge >= 0.3 is 6.03 Å². The van der Waals surface area contributed by atoms with Crippen molar-refractivity contribution in [2.45, 2.75) is 26.2 Å². The van der Waals surface area contributed by atoms with Gasteiger partial charge in [0.1, 0.15) is 11.5 Å². The highest BCUT2D eigenvalue weighted by Gasteiger charge is 2.21. The van der Waals surface area contributed by atoms with E-state index in [4.69, 9.17) is 9.47 Å². The normalized spacial score (nSPS) is 15.2. The summed E-state index contributed by atoms with van der Waals surface area (Å²) in [5, 5.41) is 2.94. The molecule has 0 saturated carbocycles. The molecule has 1 aliphatic rings. The average molecular weight is 335 g/mol. The van der Waals surface area contributed by atoms with Crippen LogP contribution >= 0.6 is 0 Å². The van der Waals surface area contributed by atoms with Crippen molar-refractivity contribution in [3.8, 4) is 11.5 Å². The number of piperazine rings is 1. The first-order valence-electron chi connectivity index (χ1n) is 8.68. The minimum atomic E-state index is -0.0882. The van der Waals surface area contributed by atoms with E-state index in [9.17, 15) is 4.79 Å². The molecular formula is C18H29N3O3. The van der Waals surface area contributed by atoms with Gasteiger partial charge in [0.05, 0.1) is 19.9 Å². The molecule has 0 atom stereocenters. The summed E-state index contributed by atoms with van der Waals surface area (Å²) in [7, 11) is 3.19. The third kappa shape index (κ3) is 5.03. The van der Waals surface area contributed by atoms with Gasteiger partial charge in [-0.05, 0) is 25.1 Å². The van der Waals surface area contributed by atoms with Crippen molar-refractivity contribution < 1.29 is 14.3 Å². The van der Waals surface area contributed by atoms with E-state index in [0.717, 1.165) is 32.7 Å². The molecule has 1 saturated heterocycles. The summed E-state index contributed by atoms with van der Waals surface area (Å²) in [5.41, 5.74) is 0.632. The molecule has 1 aromatic carbocycles. The molecule has 1 aromatic rings. The number of carbonyl (C=O) groups excluding carboxylic acids is 1. The maximum Gasteiger partial charge on any atom is 0.322 e. The molecule has 6 heteroatoms. The van der Waals surface area contributed by atoms with Crippen molar-refractivity contribution in [3.05, 3.63) is 18.2 Å². The monoisotopic (exact) mass is 335 g/mol. The molecule has 2 amide bonds. The minimum absolute atomic E-state index is 0.0882. The van der Waals surface area contributed by atoms with Crippen molar-refractivity contribution >= 4 is 11.7 Å². The van der Waals surface area contributed by atoms with Crippen LogP contribution in [0.25, 0.3) is 0 Å². The number of benzene rings is 1. The molecule has 1 heterocycles. The highest BCUT2D eigenvalue weighted by atomic mass is 16.5. The fourth-order valence-electron chi connectivity index (χ4n) is 2.87. The van der Waals surface area contributed by atoms with Crippen LogP contribution in [0.4, 0.5) is 10.5 Å². The fourth-order valence-corrected chi connectivity index (χ4v) is 2.87. The lowest BCUT2D eigenvalue weighted by molar-refractivity contribution is 0.146. The van der Waals surface area contributed by atoms with Crippen LogP contribution in [0.2, 0.25) is 0 Å². The number of carbonyl (C=O) groups is 1. The predicted octanol–water partition coefficient (Wildman–Crippen LogP) is 3.04. The van der Waals surface area contributed by atoms with Crippen LogP contribution in [-0.2, 0) is 0 Å². The molecule has 6 nitrogen and oxygen atoms in total. The third-order valence-corrected chi connectivity index (χ3v) is 4.39. The van der Waals surface area contributed by atoms with Gasteiger partial charge in [-0.15, -0.1) is 0 Å². The van der Waals surface area contributed by atoms with Crippen LogP contribution < -0.4 is 14.8 Å². The molecule has 0 aromatic heterocycles. The zero-order valence-electron chi connectivity index (χ0n) is 15.0. The van der Waals surface area contributed by atoms with Crippen molar-refractivity contribution in [2.24, 2.45) is 0 Å². The molecule has 0 aliphatic carbocycles. The lowest BCUT2D eigenvalue weighted by atomic mass is 10.2. The topological polar surface area (TPSA) is 54.0 Å². The largest absolute Gasteiger partial charge is 0.497 e. The van der Waals surface area contributed by atoms with Gasteiger partial charge in [-0.2, -0.15) is 0 Å². The van der Waals surface area contributed by atoms with E-state index in [2.05, 4.69) is 17.1 Å². The SMILES string of the molecule is CCCCCN1CCN(C(=O)Nc2cc(OC)ccc2OC)CC1. The smallest absolute Gasteiger partial charge is 0.322 e. The summed E-state index contributed by atoms with van der Waals surface area (Å²) in [6, 6.07) is 5.29. The second kappa shape index (κ2) is 9.37. The zero-order chi connectivity index (χ0) is 17.4. The molecule has 24 heavy (non-hydrogen) atoms. The summed E-state index contributed by atoms with van der Waals surface area (Å²) in [6.07, 6.45) is 3.75. The van der Waals surface area contributed by atoms with Crippen LogP contribution in [-0.4, -0.2) is 62.8 Å². The first-order valence-corrected chi connectivity index (χ1v) is 8.68. The Balaban J connectivity index is 1.87. The maximum atomic E-state index is 12.5. The zero-order valence-corrected chi connectivity index (χ0v) is 15.0. The van der Waals surface area contributed by atoms with Crippen LogP contribution in [0.15, 0.2) is 18.2 Å². The van der Waals surface area contributed by atoms with E-state index in [1.54, 1.807) is 26.4 Å². The Labute approximate surface area is 144 Å². The number of unbranched alkanes of at least 4 members (excludes halogenated alkanes) is 2. The van der Waals surface area contributed by atoms with E-state index in [0.29, 0.717) is 17.2 Å². The van der Waals surface area contributed by atoms with Crippen molar-refractivity contribution in [1.29, 1.82) is 0 Å². The quantitative estimate of drug-likeness (QED) is 0.778. The molecule has 1 fully saturated rings. The highest BCUT2D eigenvalue weighted by Crippen LogP contribution is 2.29. The first-order chi connectivity index (χ1) is 11.7. The summed E-state index contributed by atoms with van der Waals surface area (Å²) in [6.45, 7) is 6.73. The number of methoxy groups -OCH3 is 2. The summed E-state index contributed by atoms with van der Waals surface area (Å²) in [5.74, 6) is 1.31. The summed E-state index contributed by atoms with van der Waals surface area (Å²) >= 11 is 0. The number of nitrogens with one attached hydrogen (secondary N) is 1. The fraction of sp³-hybridized carbons (Fsp3) is 0.611. The third-order valence-electron chi connectivity index (χ3n) is 4.39. The number of hydrogen-bond donors (Lipinski definition) is 1. The molecule has 0 spiro atoms. The van der Waals surface area contributed by atoms with Gasteiger partial charge in [-0.25, -0.2) is 4.79 Å². The van der Waals surface area contributed by atoms with Gasteiger partial charge in [0, 0.05) is 32.2 Å². The number of amides is 2. The number of hydrogen-bond acceptors (Lipinski definition) is 4. The molecule has 2 rings (SSSR count). The Hall–Kier alpha value is -1.95. The van der Waals surface area contributed by atoms with Crippen LogP contribution in [0.3, 0.4) is 0 Å². The van der Waals surface area contributed by atoms with Crippen molar-refractivity contribution in [2.75, 3.05) is 52.3 Å². The minimum Gasteiger partial charge on any atom is -0.497 e. The summed E-state index contributed by atoms with van der Waals surface area (Å²) in [4.78, 5) is 16.8. The van der Waals surface area contributed by atoms with Gasteiger partial charge in [-0.3, -0.25) is 4.90 Å². The highest BCUT2D eigenvalue weighted by molar-refractivity contribution is 5.91. The summed E-state index contributed by atoms with van der Waals surface area (Å²) < 4.78 is 10.5.